The number of ketones is 1. The highest BCUT2D eigenvalue weighted by molar-refractivity contribution is 5.79. The summed E-state index contributed by atoms with van der Waals surface area (Å²) in [6, 6.07) is 3.72. The molecule has 0 aliphatic heterocycles. The molecular formula is C11H13NO2. The molecule has 1 heterocycles. The highest BCUT2D eigenvalue weighted by Gasteiger charge is 2.22. The fourth-order valence-electron chi connectivity index (χ4n) is 1.98. The molecular weight excluding hydrogens is 178 g/mol. The molecule has 1 aromatic rings. The van der Waals surface area contributed by atoms with Gasteiger partial charge in [0.05, 0.1) is 0 Å². The van der Waals surface area contributed by atoms with Gasteiger partial charge >= 0.3 is 0 Å². The van der Waals surface area contributed by atoms with Gasteiger partial charge in [-0.2, -0.15) is 0 Å². The molecule has 0 unspecified atom stereocenters. The minimum Gasteiger partial charge on any atom is -0.493 e. The third-order valence-electron chi connectivity index (χ3n) is 2.80. The third-order valence-corrected chi connectivity index (χ3v) is 2.80. The molecule has 0 saturated heterocycles. The SMILES string of the molecule is O=C1CCC(c2cccnc2O)CC1. The predicted octanol–water partition coefficient (Wildman–Crippen LogP) is 2.01. The zero-order valence-corrected chi connectivity index (χ0v) is 7.94. The van der Waals surface area contributed by atoms with Crippen molar-refractivity contribution in [1.82, 2.24) is 4.98 Å². The number of hydrogen-bond donors (Lipinski definition) is 1. The molecule has 0 spiro atoms. The van der Waals surface area contributed by atoms with E-state index in [2.05, 4.69) is 4.98 Å². The number of aromatic nitrogens is 1. The van der Waals surface area contributed by atoms with E-state index >= 15 is 0 Å². The van der Waals surface area contributed by atoms with E-state index in [0.717, 1.165) is 18.4 Å². The van der Waals surface area contributed by atoms with Crippen LogP contribution in [0.15, 0.2) is 18.3 Å². The first-order valence-electron chi connectivity index (χ1n) is 4.93. The Hall–Kier alpha value is -1.38. The van der Waals surface area contributed by atoms with Crippen molar-refractivity contribution in [2.75, 3.05) is 0 Å². The molecule has 0 radical (unpaired) electrons. The van der Waals surface area contributed by atoms with Crippen LogP contribution in [0.5, 0.6) is 5.88 Å². The zero-order valence-electron chi connectivity index (χ0n) is 7.94. The molecule has 3 heteroatoms. The summed E-state index contributed by atoms with van der Waals surface area (Å²) in [6.45, 7) is 0. The van der Waals surface area contributed by atoms with Crippen LogP contribution in [0.1, 0.15) is 37.2 Å². The molecule has 0 amide bonds. The van der Waals surface area contributed by atoms with Crippen molar-refractivity contribution < 1.29 is 9.90 Å². The van der Waals surface area contributed by atoms with Crippen LogP contribution in [0.2, 0.25) is 0 Å². The Labute approximate surface area is 82.8 Å². The average Bonchev–Trinajstić information content (AvgIpc) is 2.20. The molecule has 1 aliphatic rings. The van der Waals surface area contributed by atoms with Crippen LogP contribution in [-0.2, 0) is 4.79 Å². The summed E-state index contributed by atoms with van der Waals surface area (Å²) in [5.41, 5.74) is 0.889. The van der Waals surface area contributed by atoms with Gasteiger partial charge in [0, 0.05) is 24.6 Å². The lowest BCUT2D eigenvalue weighted by molar-refractivity contribution is -0.120. The Morgan fingerprint density at radius 3 is 2.71 bits per heavy atom. The van der Waals surface area contributed by atoms with Crippen molar-refractivity contribution >= 4 is 5.78 Å². The van der Waals surface area contributed by atoms with E-state index in [1.54, 1.807) is 6.20 Å². The first-order chi connectivity index (χ1) is 6.77. The van der Waals surface area contributed by atoms with Gasteiger partial charge in [-0.3, -0.25) is 4.79 Å². The van der Waals surface area contributed by atoms with E-state index in [0.29, 0.717) is 24.5 Å². The molecule has 1 fully saturated rings. The Morgan fingerprint density at radius 2 is 2.07 bits per heavy atom. The predicted molar refractivity (Wildman–Crippen MR) is 52.1 cm³/mol. The van der Waals surface area contributed by atoms with Gasteiger partial charge in [0.25, 0.3) is 0 Å². The molecule has 1 aromatic heterocycles. The van der Waals surface area contributed by atoms with E-state index in [1.165, 1.54) is 0 Å². The summed E-state index contributed by atoms with van der Waals surface area (Å²) in [6.07, 6.45) is 4.54. The number of pyridine rings is 1. The molecule has 2 rings (SSSR count). The van der Waals surface area contributed by atoms with Gasteiger partial charge in [0.15, 0.2) is 0 Å². The minimum atomic E-state index is 0.117. The Bertz CT molecular complexity index is 339. The summed E-state index contributed by atoms with van der Waals surface area (Å²) >= 11 is 0. The van der Waals surface area contributed by atoms with E-state index in [4.69, 9.17) is 0 Å². The second kappa shape index (κ2) is 3.78. The quantitative estimate of drug-likeness (QED) is 0.738. The van der Waals surface area contributed by atoms with Gasteiger partial charge in [-0.15, -0.1) is 0 Å². The summed E-state index contributed by atoms with van der Waals surface area (Å²) < 4.78 is 0. The third kappa shape index (κ3) is 1.76. The van der Waals surface area contributed by atoms with Crippen molar-refractivity contribution in [3.05, 3.63) is 23.9 Å². The van der Waals surface area contributed by atoms with Gasteiger partial charge in [-0.1, -0.05) is 6.07 Å². The lowest BCUT2D eigenvalue weighted by Crippen LogP contribution is -2.12. The van der Waals surface area contributed by atoms with Crippen LogP contribution in [0.25, 0.3) is 0 Å². The zero-order chi connectivity index (χ0) is 9.97. The van der Waals surface area contributed by atoms with E-state index in [1.807, 2.05) is 12.1 Å². The molecule has 0 bridgehead atoms. The Balaban J connectivity index is 2.16. The van der Waals surface area contributed by atoms with Gasteiger partial charge in [0.1, 0.15) is 5.78 Å². The number of hydrogen-bond acceptors (Lipinski definition) is 3. The number of nitrogens with zero attached hydrogens (tertiary/aromatic N) is 1. The second-order valence-electron chi connectivity index (χ2n) is 3.73. The molecule has 1 saturated carbocycles. The Kier molecular flexibility index (Phi) is 2.48. The van der Waals surface area contributed by atoms with Gasteiger partial charge < -0.3 is 5.11 Å². The largest absolute Gasteiger partial charge is 0.493 e. The van der Waals surface area contributed by atoms with Crippen LogP contribution in [0.4, 0.5) is 0 Å². The van der Waals surface area contributed by atoms with E-state index in [-0.39, 0.29) is 5.88 Å². The first-order valence-corrected chi connectivity index (χ1v) is 4.93. The average molecular weight is 191 g/mol. The van der Waals surface area contributed by atoms with Crippen LogP contribution < -0.4 is 0 Å². The van der Waals surface area contributed by atoms with E-state index in [9.17, 15) is 9.90 Å². The fraction of sp³-hybridized carbons (Fsp3) is 0.455. The summed E-state index contributed by atoms with van der Waals surface area (Å²) in [7, 11) is 0. The van der Waals surface area contributed by atoms with Crippen LogP contribution >= 0.6 is 0 Å². The molecule has 3 nitrogen and oxygen atoms in total. The highest BCUT2D eigenvalue weighted by atomic mass is 16.3. The van der Waals surface area contributed by atoms with Crippen molar-refractivity contribution in [3.8, 4) is 5.88 Å². The smallest absolute Gasteiger partial charge is 0.214 e. The summed E-state index contributed by atoms with van der Waals surface area (Å²) in [4.78, 5) is 14.9. The van der Waals surface area contributed by atoms with Crippen LogP contribution in [0.3, 0.4) is 0 Å². The van der Waals surface area contributed by atoms with Gasteiger partial charge in [-0.05, 0) is 24.8 Å². The first kappa shape index (κ1) is 9.19. The number of Topliss-reactive ketones (excluding diaryl/α,β-unsaturated/α-hetero) is 1. The monoisotopic (exact) mass is 191 g/mol. The standard InChI is InChI=1S/C11H13NO2/c13-9-5-3-8(4-6-9)10-2-1-7-12-11(10)14/h1-2,7-8H,3-6H2,(H,12,14). The molecule has 0 aromatic carbocycles. The highest BCUT2D eigenvalue weighted by Crippen LogP contribution is 2.34. The number of carbonyl (C=O) groups is 1. The van der Waals surface area contributed by atoms with Gasteiger partial charge in [-0.25, -0.2) is 4.98 Å². The van der Waals surface area contributed by atoms with Crippen molar-refractivity contribution in [2.45, 2.75) is 31.6 Å². The Morgan fingerprint density at radius 1 is 1.36 bits per heavy atom. The summed E-state index contributed by atoms with van der Waals surface area (Å²) in [5, 5.41) is 9.53. The molecule has 14 heavy (non-hydrogen) atoms. The number of carbonyl (C=O) groups excluding carboxylic acids is 1. The maximum atomic E-state index is 11.0. The second-order valence-corrected chi connectivity index (χ2v) is 3.73. The van der Waals surface area contributed by atoms with Crippen molar-refractivity contribution in [1.29, 1.82) is 0 Å². The maximum absolute atomic E-state index is 11.0. The number of aromatic hydroxyl groups is 1. The fourth-order valence-corrected chi connectivity index (χ4v) is 1.98. The summed E-state index contributed by atoms with van der Waals surface area (Å²) in [5.74, 6) is 0.762. The van der Waals surface area contributed by atoms with Crippen LogP contribution in [-0.4, -0.2) is 15.9 Å². The lowest BCUT2D eigenvalue weighted by Gasteiger charge is -2.21. The van der Waals surface area contributed by atoms with Crippen LogP contribution in [0, 0.1) is 0 Å². The van der Waals surface area contributed by atoms with Crippen molar-refractivity contribution in [3.63, 3.8) is 0 Å². The molecule has 0 atom stereocenters. The van der Waals surface area contributed by atoms with Gasteiger partial charge in [0.2, 0.25) is 5.88 Å². The van der Waals surface area contributed by atoms with E-state index < -0.39 is 0 Å². The molecule has 74 valence electrons. The molecule has 1 N–H and O–H groups in total. The lowest BCUT2D eigenvalue weighted by atomic mass is 9.84. The topological polar surface area (TPSA) is 50.2 Å². The van der Waals surface area contributed by atoms with Crippen molar-refractivity contribution in [2.24, 2.45) is 0 Å². The minimum absolute atomic E-state index is 0.117. The molecule has 1 aliphatic carbocycles. The maximum Gasteiger partial charge on any atom is 0.214 e. The number of rotatable bonds is 1. The normalized spacial score (nSPS) is 18.4.